The third kappa shape index (κ3) is 2.33. The Morgan fingerprint density at radius 1 is 0.543 bits per heavy atom. The molecule has 0 atom stereocenters. The Labute approximate surface area is 264 Å². The summed E-state index contributed by atoms with van der Waals surface area (Å²) in [5.74, 6) is 0. The van der Waals surface area contributed by atoms with Crippen molar-refractivity contribution in [2.75, 3.05) is 0 Å². The zero-order chi connectivity index (χ0) is 29.4. The maximum absolute atomic E-state index is 6.90. The van der Waals surface area contributed by atoms with Crippen LogP contribution in [0.4, 0.5) is 0 Å². The molecular formula is C40H19BN2O2S. The minimum atomic E-state index is -0.0509. The number of hydrogen-bond acceptors (Lipinski definition) is 3. The van der Waals surface area contributed by atoms with E-state index in [0.29, 0.717) is 0 Å². The number of hydrogen-bond donors (Lipinski definition) is 0. The van der Waals surface area contributed by atoms with Crippen LogP contribution in [0, 0.1) is 0 Å². The predicted molar refractivity (Wildman–Crippen MR) is 192 cm³/mol. The Bertz CT molecular complexity index is 3220. The summed E-state index contributed by atoms with van der Waals surface area (Å²) < 4.78 is 20.0. The fourth-order valence-electron chi connectivity index (χ4n) is 9.03. The van der Waals surface area contributed by atoms with E-state index in [1.807, 2.05) is 11.3 Å². The maximum atomic E-state index is 6.90. The molecule has 2 aliphatic heterocycles. The molecular weight excluding hydrogens is 583 g/mol. The average molecular weight is 602 g/mol. The van der Waals surface area contributed by atoms with Crippen LogP contribution in [0.5, 0.6) is 0 Å². The number of rotatable bonds is 0. The topological polar surface area (TPSA) is 36.1 Å². The van der Waals surface area contributed by atoms with E-state index in [2.05, 4.69) is 124 Å². The minimum absolute atomic E-state index is 0.0509. The van der Waals surface area contributed by atoms with Crippen LogP contribution in [0.3, 0.4) is 0 Å². The van der Waals surface area contributed by atoms with Crippen molar-refractivity contribution < 1.29 is 8.83 Å². The molecule has 5 aromatic heterocycles. The highest BCUT2D eigenvalue weighted by Gasteiger charge is 2.44. The van der Waals surface area contributed by atoms with Crippen molar-refractivity contribution in [3.63, 3.8) is 0 Å². The molecule has 0 bridgehead atoms. The average Bonchev–Trinajstić information content (AvgIpc) is 3.89. The summed E-state index contributed by atoms with van der Waals surface area (Å²) >= 11 is 1.88. The van der Waals surface area contributed by atoms with Crippen molar-refractivity contribution in [1.82, 2.24) is 9.05 Å². The molecule has 2 aliphatic rings. The number of benzene rings is 6. The highest BCUT2D eigenvalue weighted by atomic mass is 32.1. The van der Waals surface area contributed by atoms with Gasteiger partial charge in [-0.05, 0) is 52.9 Å². The van der Waals surface area contributed by atoms with E-state index >= 15 is 0 Å². The van der Waals surface area contributed by atoms with Crippen LogP contribution < -0.4 is 10.9 Å². The van der Waals surface area contributed by atoms with Gasteiger partial charge in [0.1, 0.15) is 16.0 Å². The van der Waals surface area contributed by atoms with Crippen molar-refractivity contribution in [3.05, 3.63) is 115 Å². The Kier molecular flexibility index (Phi) is 3.65. The highest BCUT2D eigenvalue weighted by molar-refractivity contribution is 7.26. The Hall–Kier alpha value is -5.72. The lowest BCUT2D eigenvalue weighted by atomic mass is 9.45. The molecule has 0 radical (unpaired) electrons. The van der Waals surface area contributed by atoms with Gasteiger partial charge in [0, 0.05) is 53.5 Å². The monoisotopic (exact) mass is 602 g/mol. The largest absolute Gasteiger partial charge is 0.454 e. The maximum Gasteiger partial charge on any atom is 0.333 e. The molecule has 7 heterocycles. The first-order valence-corrected chi connectivity index (χ1v) is 16.5. The highest BCUT2D eigenvalue weighted by Crippen LogP contribution is 2.49. The number of para-hydroxylation sites is 4. The van der Waals surface area contributed by atoms with E-state index in [4.69, 9.17) is 8.83 Å². The quantitative estimate of drug-likeness (QED) is 0.162. The van der Waals surface area contributed by atoms with E-state index in [9.17, 15) is 0 Å². The Morgan fingerprint density at radius 3 is 2.17 bits per heavy atom. The van der Waals surface area contributed by atoms with Crippen molar-refractivity contribution in [2.24, 2.45) is 0 Å². The number of aromatic nitrogens is 2. The molecule has 4 nitrogen and oxygen atoms in total. The Balaban J connectivity index is 1.35. The second-order valence-electron chi connectivity index (χ2n) is 12.8. The summed E-state index contributed by atoms with van der Waals surface area (Å²) in [6, 6.07) is 41.8. The summed E-state index contributed by atoms with van der Waals surface area (Å²) in [7, 11) is 0. The van der Waals surface area contributed by atoms with Gasteiger partial charge in [-0.2, -0.15) is 0 Å². The van der Waals surface area contributed by atoms with Crippen molar-refractivity contribution in [2.45, 2.75) is 0 Å². The molecule has 0 N–H and O–H groups in total. The summed E-state index contributed by atoms with van der Waals surface area (Å²) in [4.78, 5) is 1.27. The summed E-state index contributed by atoms with van der Waals surface area (Å²) in [6.45, 7) is -0.0509. The second-order valence-corrected chi connectivity index (χ2v) is 13.8. The fraction of sp³-hybridized carbons (Fsp3) is 0. The molecule has 0 spiro atoms. The van der Waals surface area contributed by atoms with Gasteiger partial charge in [0.25, 0.3) is 0 Å². The number of fused-ring (bicyclic) bond motifs is 18. The van der Waals surface area contributed by atoms with Gasteiger partial charge < -0.3 is 13.3 Å². The summed E-state index contributed by atoms with van der Waals surface area (Å²) in [5.41, 5.74) is 13.7. The van der Waals surface area contributed by atoms with Crippen molar-refractivity contribution in [3.8, 4) is 16.8 Å². The zero-order valence-electron chi connectivity index (χ0n) is 24.2. The zero-order valence-corrected chi connectivity index (χ0v) is 25.0. The van der Waals surface area contributed by atoms with Crippen LogP contribution in [0.2, 0.25) is 0 Å². The fourth-order valence-corrected chi connectivity index (χ4v) is 10.3. The van der Waals surface area contributed by atoms with Crippen LogP contribution >= 0.6 is 11.3 Å². The molecule has 0 saturated carbocycles. The van der Waals surface area contributed by atoms with Crippen molar-refractivity contribution >= 4 is 115 Å². The van der Waals surface area contributed by atoms with Crippen molar-refractivity contribution in [1.29, 1.82) is 0 Å². The van der Waals surface area contributed by atoms with E-state index in [1.165, 1.54) is 58.8 Å². The first kappa shape index (κ1) is 22.7. The summed E-state index contributed by atoms with van der Waals surface area (Å²) in [5, 5.41) is 8.54. The van der Waals surface area contributed by atoms with Gasteiger partial charge in [0.15, 0.2) is 11.2 Å². The van der Waals surface area contributed by atoms with Gasteiger partial charge in [-0.3, -0.25) is 4.57 Å². The van der Waals surface area contributed by atoms with Crippen LogP contribution in [-0.4, -0.2) is 15.9 Å². The van der Waals surface area contributed by atoms with E-state index in [-0.39, 0.29) is 6.85 Å². The van der Waals surface area contributed by atoms with Gasteiger partial charge in [0.05, 0.1) is 16.7 Å². The standard InChI is InChI=1S/C40H19BN2O2S/c1-4-16-29-20(9-1)27-19-26-21-12-7-14-25-34(21)43(36-22-10-2-5-17-30(22)45-38(25)36)41-28-15-8-13-24-32-23-11-3-6-18-31(23)46-40(32)42(35(24)28)37(33(26)41)39(27)44-29/h1-19H. The molecule has 0 amide bonds. The van der Waals surface area contributed by atoms with Crippen LogP contribution in [0.25, 0.3) is 103 Å². The molecule has 6 heteroatoms. The van der Waals surface area contributed by atoms with Crippen LogP contribution in [0.15, 0.2) is 124 Å². The van der Waals surface area contributed by atoms with E-state index < -0.39 is 0 Å². The van der Waals surface area contributed by atoms with Gasteiger partial charge >= 0.3 is 6.85 Å². The molecule has 46 heavy (non-hydrogen) atoms. The summed E-state index contributed by atoms with van der Waals surface area (Å²) in [6.07, 6.45) is 0. The number of thiophene rings is 1. The molecule has 13 rings (SSSR count). The molecule has 11 aromatic rings. The molecule has 210 valence electrons. The molecule has 0 unspecified atom stereocenters. The molecule has 6 aromatic carbocycles. The van der Waals surface area contributed by atoms with Crippen LogP contribution in [-0.2, 0) is 0 Å². The number of furan rings is 2. The predicted octanol–water partition coefficient (Wildman–Crippen LogP) is 9.70. The minimum Gasteiger partial charge on any atom is -0.454 e. The second kappa shape index (κ2) is 7.39. The lowest BCUT2D eigenvalue weighted by Gasteiger charge is -2.33. The van der Waals surface area contributed by atoms with E-state index in [1.54, 1.807) is 0 Å². The van der Waals surface area contributed by atoms with Gasteiger partial charge in [-0.25, -0.2) is 0 Å². The van der Waals surface area contributed by atoms with Gasteiger partial charge in [0.2, 0.25) is 0 Å². The molecule has 0 saturated heterocycles. The lowest BCUT2D eigenvalue weighted by Crippen LogP contribution is -2.55. The first-order chi connectivity index (χ1) is 22.8. The Morgan fingerprint density at radius 2 is 1.26 bits per heavy atom. The molecule has 0 fully saturated rings. The third-order valence-electron chi connectivity index (χ3n) is 10.7. The van der Waals surface area contributed by atoms with Gasteiger partial charge in [-0.15, -0.1) is 11.3 Å². The lowest BCUT2D eigenvalue weighted by molar-refractivity contribution is 0.667. The van der Waals surface area contributed by atoms with E-state index in [0.717, 1.165) is 55.1 Å². The first-order valence-electron chi connectivity index (χ1n) is 15.7. The van der Waals surface area contributed by atoms with Crippen LogP contribution in [0.1, 0.15) is 0 Å². The van der Waals surface area contributed by atoms with Gasteiger partial charge in [-0.1, -0.05) is 78.9 Å². The smallest absolute Gasteiger partial charge is 0.333 e. The molecule has 0 aliphatic carbocycles. The SMILES string of the molecule is c1ccc2c(c1)oc1c3c4c(cc12)-c1cccc2c5oc6ccccc6c5n(c12)B4c1cccc2c4c5ccccc5sc4n-3c12. The third-order valence-corrected chi connectivity index (χ3v) is 11.9. The number of nitrogens with zero attached hydrogens (tertiary/aromatic N) is 2. The normalized spacial score (nSPS) is 13.6.